The Balaban J connectivity index is 1.76. The fourth-order valence-corrected chi connectivity index (χ4v) is 2.84. The number of aliphatic hydroxyl groups is 1. The van der Waals surface area contributed by atoms with Crippen molar-refractivity contribution < 1.29 is 21.9 Å². The van der Waals surface area contributed by atoms with Crippen molar-refractivity contribution >= 4 is 23.3 Å². The summed E-state index contributed by atoms with van der Waals surface area (Å²) in [5, 5.41) is 24.7. The second kappa shape index (κ2) is 10.1. The molecule has 0 amide bonds. The molecule has 0 aromatic heterocycles. The van der Waals surface area contributed by atoms with E-state index < -0.39 is 31.6 Å². The number of anilines is 1. The third-order valence-electron chi connectivity index (χ3n) is 4.08. The summed E-state index contributed by atoms with van der Waals surface area (Å²) >= 11 is 5.90. The van der Waals surface area contributed by atoms with E-state index in [1.807, 2.05) is 0 Å². The van der Waals surface area contributed by atoms with Crippen molar-refractivity contribution in [3.05, 3.63) is 88.9 Å². The molecule has 0 bridgehead atoms. The van der Waals surface area contributed by atoms with Gasteiger partial charge in [-0.25, -0.2) is 4.79 Å². The Hall–Kier alpha value is -2.86. The summed E-state index contributed by atoms with van der Waals surface area (Å²) in [6, 6.07) is 18.7. The maximum Gasteiger partial charge on any atom is 0.335 e. The molecule has 0 fully saturated rings. The van der Waals surface area contributed by atoms with Gasteiger partial charge in [0.25, 0.3) is 0 Å². The molecule has 0 radical (unpaired) electrons. The first-order valence-electron chi connectivity index (χ1n) is 11.3. The van der Waals surface area contributed by atoms with Crippen LogP contribution in [0.3, 0.4) is 0 Å². The summed E-state index contributed by atoms with van der Waals surface area (Å²) in [6.45, 7) is -5.96. The predicted octanol–water partition coefficient (Wildman–Crippen LogP) is 4.44. The highest BCUT2D eigenvalue weighted by Crippen LogP contribution is 2.23. The third-order valence-corrected chi connectivity index (χ3v) is 4.31. The van der Waals surface area contributed by atoms with Gasteiger partial charge >= 0.3 is 5.97 Å². The van der Waals surface area contributed by atoms with Gasteiger partial charge < -0.3 is 20.8 Å². The van der Waals surface area contributed by atoms with Crippen LogP contribution in [0.1, 0.15) is 28.9 Å². The molecule has 0 unspecified atom stereocenters. The summed E-state index contributed by atoms with van der Waals surface area (Å²) in [7, 11) is 0. The summed E-state index contributed by atoms with van der Waals surface area (Å²) in [5.74, 6) is -1.07. The highest BCUT2D eigenvalue weighted by molar-refractivity contribution is 6.30. The number of aromatic carboxylic acids is 1. The van der Waals surface area contributed by atoms with E-state index in [9.17, 15) is 15.0 Å². The van der Waals surface area contributed by atoms with E-state index in [2.05, 4.69) is 10.6 Å². The first-order chi connectivity index (χ1) is 15.8. The van der Waals surface area contributed by atoms with Crippen molar-refractivity contribution in [3.8, 4) is 11.1 Å². The van der Waals surface area contributed by atoms with Gasteiger partial charge in [0, 0.05) is 33.0 Å². The summed E-state index contributed by atoms with van der Waals surface area (Å²) in [4.78, 5) is 11.2. The van der Waals surface area contributed by atoms with E-state index in [1.165, 1.54) is 24.3 Å². The number of carboxylic acids is 1. The summed E-state index contributed by atoms with van der Waals surface area (Å²) in [5.41, 5.74) is 1.71. The molecule has 0 saturated carbocycles. The van der Waals surface area contributed by atoms with Crippen LogP contribution in [0.4, 0.5) is 5.69 Å². The Bertz CT molecular complexity index is 1190. The molecule has 0 heterocycles. The van der Waals surface area contributed by atoms with Crippen LogP contribution in [0, 0.1) is 0 Å². The number of carboxylic acid groups (broad SMARTS) is 1. The number of nitrogens with one attached hydrogen (secondary N) is 2. The first kappa shape index (κ1) is 15.0. The molecule has 1 atom stereocenters. The molecule has 0 aliphatic carbocycles. The van der Waals surface area contributed by atoms with E-state index in [4.69, 9.17) is 18.5 Å². The molecule has 3 rings (SSSR count). The SMILES string of the molecule is [2H]C([2H])(NC[C@]([2H])(O)c1cccc(Cl)c1)C([2H])([2H])Nc1cccc(-c2cccc(C(=O)O)c2)c1. The Kier molecular flexibility index (Phi) is 5.22. The molecular weight excluding hydrogens is 388 g/mol. The number of halogens is 1. The molecular formula is C23H23ClN2O3. The van der Waals surface area contributed by atoms with Crippen LogP contribution in [-0.4, -0.2) is 35.7 Å². The number of rotatable bonds is 9. The number of hydrogen-bond acceptors (Lipinski definition) is 4. The molecule has 0 aliphatic rings. The molecule has 5 nitrogen and oxygen atoms in total. The lowest BCUT2D eigenvalue weighted by Gasteiger charge is -2.13. The zero-order valence-corrected chi connectivity index (χ0v) is 16.1. The first-order valence-corrected chi connectivity index (χ1v) is 9.14. The fraction of sp³-hybridized carbons (Fsp3) is 0.174. The monoisotopic (exact) mass is 415 g/mol. The molecule has 150 valence electrons. The van der Waals surface area contributed by atoms with Crippen LogP contribution in [0.5, 0.6) is 0 Å². The van der Waals surface area contributed by atoms with Gasteiger partial charge in [-0.3, -0.25) is 0 Å². The lowest BCUT2D eigenvalue weighted by atomic mass is 10.0. The van der Waals surface area contributed by atoms with Gasteiger partial charge in [0.05, 0.1) is 15.8 Å². The second-order valence-corrected chi connectivity index (χ2v) is 6.59. The van der Waals surface area contributed by atoms with Crippen molar-refractivity contribution in [2.45, 2.75) is 6.08 Å². The normalized spacial score (nSPS) is 16.4. The van der Waals surface area contributed by atoms with Crippen molar-refractivity contribution in [2.75, 3.05) is 24.9 Å². The van der Waals surface area contributed by atoms with Crippen LogP contribution in [0.15, 0.2) is 72.8 Å². The minimum atomic E-state index is -2.69. The quantitative estimate of drug-likeness (QED) is 0.415. The molecule has 4 N–H and O–H groups in total. The maximum absolute atomic E-state index is 11.2. The van der Waals surface area contributed by atoms with E-state index in [0.717, 1.165) is 0 Å². The highest BCUT2D eigenvalue weighted by atomic mass is 35.5. The third kappa shape index (κ3) is 6.06. The van der Waals surface area contributed by atoms with Gasteiger partial charge in [-0.2, -0.15) is 0 Å². The van der Waals surface area contributed by atoms with E-state index in [-0.39, 0.29) is 16.8 Å². The van der Waals surface area contributed by atoms with Crippen LogP contribution in [-0.2, 0) is 0 Å². The fourth-order valence-electron chi connectivity index (χ4n) is 2.65. The smallest absolute Gasteiger partial charge is 0.335 e. The largest absolute Gasteiger partial charge is 0.478 e. The lowest BCUT2D eigenvalue weighted by Crippen LogP contribution is -2.26. The summed E-state index contributed by atoms with van der Waals surface area (Å²) < 4.78 is 41.0. The molecule has 0 saturated heterocycles. The molecule has 3 aromatic rings. The summed E-state index contributed by atoms with van der Waals surface area (Å²) in [6.07, 6.45) is -2.25. The van der Waals surface area contributed by atoms with E-state index >= 15 is 0 Å². The average Bonchev–Trinajstić information content (AvgIpc) is 2.78. The van der Waals surface area contributed by atoms with Gasteiger partial charge in [0.15, 0.2) is 0 Å². The van der Waals surface area contributed by atoms with Gasteiger partial charge in [-0.05, 0) is 53.1 Å². The molecule has 29 heavy (non-hydrogen) atoms. The number of hydrogen-bond donors (Lipinski definition) is 4. The average molecular weight is 416 g/mol. The Morgan fingerprint density at radius 3 is 2.52 bits per heavy atom. The molecule has 0 spiro atoms. The Morgan fingerprint density at radius 2 is 1.76 bits per heavy atom. The van der Waals surface area contributed by atoms with Crippen LogP contribution < -0.4 is 10.6 Å². The zero-order valence-electron chi connectivity index (χ0n) is 20.3. The lowest BCUT2D eigenvalue weighted by molar-refractivity contribution is 0.0697. The number of carbonyl (C=O) groups is 1. The van der Waals surface area contributed by atoms with Crippen molar-refractivity contribution in [1.29, 1.82) is 0 Å². The molecule has 3 aromatic carbocycles. The van der Waals surface area contributed by atoms with Crippen molar-refractivity contribution in [1.82, 2.24) is 5.32 Å². The van der Waals surface area contributed by atoms with Crippen molar-refractivity contribution in [2.24, 2.45) is 0 Å². The minimum absolute atomic E-state index is 0.106. The Morgan fingerprint density at radius 1 is 1.03 bits per heavy atom. The second-order valence-electron chi connectivity index (χ2n) is 6.15. The zero-order chi connectivity index (χ0) is 25.1. The van der Waals surface area contributed by atoms with Crippen molar-refractivity contribution in [3.63, 3.8) is 0 Å². The Labute approximate surface area is 182 Å². The topological polar surface area (TPSA) is 81.6 Å². The van der Waals surface area contributed by atoms with Crippen LogP contribution in [0.2, 0.25) is 5.02 Å². The van der Waals surface area contributed by atoms with E-state index in [0.29, 0.717) is 16.1 Å². The standard InChI is InChI=1S/C23H23ClN2O3/c24-20-8-2-6-18(13-20)22(27)15-25-10-11-26-21-9-3-5-17(14-21)16-4-1-7-19(12-16)23(28)29/h1-9,12-14,22,25-27H,10-11,15H2,(H,28,29)/t22-/m0/s1/i10D2,11D2,22D. The van der Waals surface area contributed by atoms with Gasteiger partial charge in [0.1, 0.15) is 0 Å². The maximum atomic E-state index is 11.2. The van der Waals surface area contributed by atoms with Crippen LogP contribution in [0.25, 0.3) is 11.1 Å². The minimum Gasteiger partial charge on any atom is -0.478 e. The van der Waals surface area contributed by atoms with Gasteiger partial charge in [-0.15, -0.1) is 0 Å². The van der Waals surface area contributed by atoms with E-state index in [1.54, 1.807) is 48.5 Å². The number of benzene rings is 3. The van der Waals surface area contributed by atoms with Gasteiger partial charge in [-0.1, -0.05) is 48.0 Å². The van der Waals surface area contributed by atoms with Crippen LogP contribution >= 0.6 is 11.6 Å². The highest BCUT2D eigenvalue weighted by Gasteiger charge is 2.07. The molecule has 6 heteroatoms. The predicted molar refractivity (Wildman–Crippen MR) is 117 cm³/mol. The molecule has 0 aliphatic heterocycles. The van der Waals surface area contributed by atoms with Gasteiger partial charge in [0.2, 0.25) is 0 Å².